The largest absolute Gasteiger partial charge is 0.295 e. The summed E-state index contributed by atoms with van der Waals surface area (Å²) in [5, 5.41) is 0. The second-order valence-electron chi connectivity index (χ2n) is 7.54. The minimum atomic E-state index is -2.21. The van der Waals surface area contributed by atoms with Crippen LogP contribution in [-0.2, 0) is 6.42 Å². The molecule has 0 spiro atoms. The quantitative estimate of drug-likeness (QED) is 0.572. The molecule has 1 nitrogen and oxygen atoms in total. The summed E-state index contributed by atoms with van der Waals surface area (Å²) in [5.41, 5.74) is 9.23. The molecule has 0 aliphatic heterocycles. The monoisotopic (exact) mass is 367 g/mol. The molecule has 3 rings (SSSR count). The molecular formula is C24H27F2N. The summed E-state index contributed by atoms with van der Waals surface area (Å²) in [6.07, 6.45) is 5.97. The lowest BCUT2D eigenvalue weighted by Gasteiger charge is -2.28. The number of halogens is 2. The fraction of sp³-hybridized carbons (Fsp3) is 0.333. The zero-order valence-corrected chi connectivity index (χ0v) is 16.0. The van der Waals surface area contributed by atoms with Crippen molar-refractivity contribution in [2.45, 2.75) is 45.3 Å². The highest BCUT2D eigenvalue weighted by Crippen LogP contribution is 2.41. The van der Waals surface area contributed by atoms with Crippen molar-refractivity contribution >= 4 is 5.57 Å². The van der Waals surface area contributed by atoms with Crippen LogP contribution >= 0.6 is 0 Å². The third-order valence-corrected chi connectivity index (χ3v) is 5.14. The van der Waals surface area contributed by atoms with E-state index in [2.05, 4.69) is 19.9 Å². The third-order valence-electron chi connectivity index (χ3n) is 5.14. The highest BCUT2D eigenvalue weighted by Gasteiger charge is 2.35. The van der Waals surface area contributed by atoms with Crippen LogP contribution in [-0.4, -0.2) is 5.79 Å². The summed E-state index contributed by atoms with van der Waals surface area (Å²) in [4.78, 5) is 0. The maximum atomic E-state index is 15.0. The molecule has 2 N–H and O–H groups in total. The van der Waals surface area contributed by atoms with Crippen LogP contribution in [0.1, 0.15) is 44.2 Å². The Morgan fingerprint density at radius 3 is 2.52 bits per heavy atom. The fourth-order valence-electron chi connectivity index (χ4n) is 3.86. The van der Waals surface area contributed by atoms with Crippen LogP contribution < -0.4 is 5.73 Å². The molecule has 1 aliphatic carbocycles. The number of rotatable bonds is 6. The first kappa shape index (κ1) is 19.5. The zero-order chi connectivity index (χ0) is 19.4. The molecule has 3 heteroatoms. The van der Waals surface area contributed by atoms with Gasteiger partial charge in [0.25, 0.3) is 0 Å². The van der Waals surface area contributed by atoms with E-state index in [-0.39, 0.29) is 12.0 Å². The lowest BCUT2D eigenvalue weighted by Crippen LogP contribution is -2.37. The van der Waals surface area contributed by atoms with Crippen molar-refractivity contribution in [1.82, 2.24) is 0 Å². The van der Waals surface area contributed by atoms with Crippen LogP contribution in [0.2, 0.25) is 0 Å². The van der Waals surface area contributed by atoms with E-state index >= 15 is 4.39 Å². The van der Waals surface area contributed by atoms with E-state index in [9.17, 15) is 4.39 Å². The minimum absolute atomic E-state index is 0.0285. The Balaban J connectivity index is 2.13. The van der Waals surface area contributed by atoms with Gasteiger partial charge in [-0.05, 0) is 40.7 Å². The molecule has 0 bridgehead atoms. The van der Waals surface area contributed by atoms with Crippen molar-refractivity contribution < 1.29 is 8.78 Å². The normalized spacial score (nSPS) is 20.8. The summed E-state index contributed by atoms with van der Waals surface area (Å²) in [5.74, 6) is -2.25. The van der Waals surface area contributed by atoms with Gasteiger partial charge < -0.3 is 0 Å². The summed E-state index contributed by atoms with van der Waals surface area (Å²) < 4.78 is 29.6. The smallest absolute Gasteiger partial charge is 0.191 e. The molecule has 142 valence electrons. The first-order valence-corrected chi connectivity index (χ1v) is 9.65. The topological polar surface area (TPSA) is 26.0 Å². The fourth-order valence-corrected chi connectivity index (χ4v) is 3.86. The van der Waals surface area contributed by atoms with Crippen molar-refractivity contribution in [1.29, 1.82) is 0 Å². The molecule has 2 atom stereocenters. The van der Waals surface area contributed by atoms with Crippen molar-refractivity contribution in [3.8, 4) is 11.1 Å². The highest BCUT2D eigenvalue weighted by atomic mass is 19.2. The Hall–Kier alpha value is -2.26. The first-order chi connectivity index (χ1) is 12.9. The summed E-state index contributed by atoms with van der Waals surface area (Å²) in [6.45, 7) is 4.42. The van der Waals surface area contributed by atoms with E-state index in [1.165, 1.54) is 17.7 Å². The van der Waals surface area contributed by atoms with Gasteiger partial charge in [0, 0.05) is 12.0 Å². The second kappa shape index (κ2) is 8.18. The lowest BCUT2D eigenvalue weighted by atomic mass is 9.84. The number of hydrogen-bond donors (Lipinski definition) is 1. The molecule has 0 saturated heterocycles. The van der Waals surface area contributed by atoms with Gasteiger partial charge in [-0.25, -0.2) is 8.78 Å². The number of hydrogen-bond acceptors (Lipinski definition) is 1. The van der Waals surface area contributed by atoms with Crippen molar-refractivity contribution in [2.75, 3.05) is 0 Å². The Morgan fingerprint density at radius 2 is 1.85 bits per heavy atom. The summed E-state index contributed by atoms with van der Waals surface area (Å²) >= 11 is 0. The van der Waals surface area contributed by atoms with Gasteiger partial charge in [-0.15, -0.1) is 0 Å². The molecule has 2 aromatic rings. The van der Waals surface area contributed by atoms with Crippen LogP contribution in [0.25, 0.3) is 16.7 Å². The summed E-state index contributed by atoms with van der Waals surface area (Å²) in [6, 6.07) is 15.6. The zero-order valence-electron chi connectivity index (χ0n) is 16.0. The maximum Gasteiger partial charge on any atom is 0.191 e. The molecule has 0 heterocycles. The Morgan fingerprint density at radius 1 is 1.11 bits per heavy atom. The van der Waals surface area contributed by atoms with Gasteiger partial charge in [-0.3, -0.25) is 5.73 Å². The van der Waals surface area contributed by atoms with Gasteiger partial charge in [0.1, 0.15) is 5.83 Å². The Kier molecular flexibility index (Phi) is 5.91. The third kappa shape index (κ3) is 4.36. The van der Waals surface area contributed by atoms with Crippen LogP contribution in [0.5, 0.6) is 0 Å². The molecule has 0 amide bonds. The first-order valence-electron chi connectivity index (χ1n) is 9.65. The highest BCUT2D eigenvalue weighted by molar-refractivity contribution is 5.87. The number of benzene rings is 2. The summed E-state index contributed by atoms with van der Waals surface area (Å²) in [7, 11) is 0. The second-order valence-corrected chi connectivity index (χ2v) is 7.54. The lowest BCUT2D eigenvalue weighted by molar-refractivity contribution is 0.251. The van der Waals surface area contributed by atoms with E-state index in [4.69, 9.17) is 5.73 Å². The van der Waals surface area contributed by atoms with Gasteiger partial charge in [-0.1, -0.05) is 81.3 Å². The Labute approximate surface area is 160 Å². The standard InChI is InChI=1S/C24H27F2N/c1-3-8-17(2)15-18-12-13-20(21(16-18)19-9-5-4-6-10-19)23-22(25)11-7-14-24(23,26)27/h4-7,9-13,16-17H,3,8,14-15,27H2,1-2H3. The van der Waals surface area contributed by atoms with E-state index in [1.54, 1.807) is 0 Å². The molecule has 27 heavy (non-hydrogen) atoms. The van der Waals surface area contributed by atoms with Crippen molar-refractivity contribution in [3.63, 3.8) is 0 Å². The Bertz CT molecular complexity index is 850. The van der Waals surface area contributed by atoms with Crippen LogP contribution in [0.15, 0.2) is 66.5 Å². The molecule has 0 saturated carbocycles. The van der Waals surface area contributed by atoms with Crippen molar-refractivity contribution in [3.05, 3.63) is 77.6 Å². The van der Waals surface area contributed by atoms with Crippen LogP contribution in [0, 0.1) is 5.92 Å². The maximum absolute atomic E-state index is 15.0. The van der Waals surface area contributed by atoms with E-state index < -0.39 is 11.6 Å². The van der Waals surface area contributed by atoms with Crippen LogP contribution in [0.4, 0.5) is 8.78 Å². The molecule has 0 radical (unpaired) electrons. The average molecular weight is 367 g/mol. The average Bonchev–Trinajstić information content (AvgIpc) is 2.63. The predicted octanol–water partition coefficient (Wildman–Crippen LogP) is 6.60. The number of nitrogens with two attached hydrogens (primary N) is 1. The molecule has 2 aromatic carbocycles. The molecule has 0 fully saturated rings. The predicted molar refractivity (Wildman–Crippen MR) is 109 cm³/mol. The SMILES string of the molecule is CCCC(C)Cc1ccc(C2=C(F)C=CCC2(N)F)c(-c2ccccc2)c1. The van der Waals surface area contributed by atoms with E-state index in [0.717, 1.165) is 30.4 Å². The van der Waals surface area contributed by atoms with Gasteiger partial charge in [-0.2, -0.15) is 0 Å². The van der Waals surface area contributed by atoms with Gasteiger partial charge in [0.15, 0.2) is 5.79 Å². The van der Waals surface area contributed by atoms with Crippen LogP contribution in [0.3, 0.4) is 0 Å². The van der Waals surface area contributed by atoms with Gasteiger partial charge in [0.05, 0.1) is 0 Å². The molecule has 0 aromatic heterocycles. The molecule has 1 aliphatic rings. The molecular weight excluding hydrogens is 340 g/mol. The number of alkyl halides is 1. The minimum Gasteiger partial charge on any atom is -0.295 e. The van der Waals surface area contributed by atoms with E-state index in [1.807, 2.05) is 42.5 Å². The van der Waals surface area contributed by atoms with Crippen molar-refractivity contribution in [2.24, 2.45) is 11.7 Å². The van der Waals surface area contributed by atoms with Gasteiger partial charge in [0.2, 0.25) is 0 Å². The number of allylic oxidation sites excluding steroid dienone is 2. The van der Waals surface area contributed by atoms with E-state index in [0.29, 0.717) is 11.5 Å². The molecule has 2 unspecified atom stereocenters. The van der Waals surface area contributed by atoms with Gasteiger partial charge >= 0.3 is 0 Å².